The van der Waals surface area contributed by atoms with Gasteiger partial charge in [0.05, 0.1) is 0 Å². The Balaban J connectivity index is 1.83. The van der Waals surface area contributed by atoms with Gasteiger partial charge in [-0.1, -0.05) is 30.3 Å². The van der Waals surface area contributed by atoms with Gasteiger partial charge in [-0.3, -0.25) is 9.59 Å². The molecule has 20 heavy (non-hydrogen) atoms. The lowest BCUT2D eigenvalue weighted by Crippen LogP contribution is -2.67. The Morgan fingerprint density at radius 3 is 2.50 bits per heavy atom. The third-order valence-electron chi connectivity index (χ3n) is 4.34. The van der Waals surface area contributed by atoms with E-state index in [2.05, 4.69) is 17.4 Å². The summed E-state index contributed by atoms with van der Waals surface area (Å²) in [6, 6.07) is 9.99. The van der Waals surface area contributed by atoms with E-state index in [4.69, 9.17) is 0 Å². The van der Waals surface area contributed by atoms with Crippen molar-refractivity contribution in [1.82, 2.24) is 10.2 Å². The average Bonchev–Trinajstić information content (AvgIpc) is 3.18. The quantitative estimate of drug-likeness (QED) is 0.890. The molecule has 2 amide bonds. The Morgan fingerprint density at radius 1 is 1.20 bits per heavy atom. The molecular formula is C16H20N2O2. The fourth-order valence-corrected chi connectivity index (χ4v) is 3.08. The van der Waals surface area contributed by atoms with E-state index in [1.807, 2.05) is 25.1 Å². The number of hydrogen-bond acceptors (Lipinski definition) is 2. The smallest absolute Gasteiger partial charge is 0.248 e. The zero-order chi connectivity index (χ0) is 14.5. The Bertz CT molecular complexity index is 553. The van der Waals surface area contributed by atoms with Crippen LogP contribution >= 0.6 is 0 Å². The zero-order valence-electron chi connectivity index (χ0n) is 12.1. The van der Waals surface area contributed by atoms with Crippen LogP contribution in [0.1, 0.15) is 38.7 Å². The van der Waals surface area contributed by atoms with E-state index in [0.29, 0.717) is 5.92 Å². The van der Waals surface area contributed by atoms with Crippen molar-refractivity contribution in [3.05, 3.63) is 35.9 Å². The number of benzene rings is 1. The van der Waals surface area contributed by atoms with Crippen molar-refractivity contribution in [2.45, 2.75) is 50.7 Å². The van der Waals surface area contributed by atoms with Crippen molar-refractivity contribution < 1.29 is 9.59 Å². The van der Waals surface area contributed by atoms with Crippen molar-refractivity contribution in [2.75, 3.05) is 0 Å². The highest BCUT2D eigenvalue weighted by atomic mass is 16.2. The van der Waals surface area contributed by atoms with E-state index in [-0.39, 0.29) is 23.9 Å². The first kappa shape index (κ1) is 13.2. The van der Waals surface area contributed by atoms with Crippen molar-refractivity contribution in [2.24, 2.45) is 0 Å². The molecule has 1 aliphatic carbocycles. The molecule has 3 atom stereocenters. The minimum absolute atomic E-state index is 0.0213. The summed E-state index contributed by atoms with van der Waals surface area (Å²) in [6.07, 6.45) is 0.948. The molecule has 1 aliphatic heterocycles. The molecule has 0 radical (unpaired) electrons. The summed E-state index contributed by atoms with van der Waals surface area (Å²) in [5, 5.41) is 2.79. The number of piperazine rings is 1. The number of carbonyl (C=O) groups is 2. The lowest BCUT2D eigenvalue weighted by Gasteiger charge is -2.42. The maximum absolute atomic E-state index is 12.6. The summed E-state index contributed by atoms with van der Waals surface area (Å²) in [6.45, 7) is 5.35. The summed E-state index contributed by atoms with van der Waals surface area (Å²) < 4.78 is 0. The molecule has 3 unspecified atom stereocenters. The van der Waals surface area contributed by atoms with E-state index in [1.165, 1.54) is 5.56 Å². The number of nitrogens with one attached hydrogen (secondary N) is 1. The zero-order valence-corrected chi connectivity index (χ0v) is 12.1. The van der Waals surface area contributed by atoms with Crippen LogP contribution in [0.25, 0.3) is 0 Å². The Labute approximate surface area is 119 Å². The van der Waals surface area contributed by atoms with Crippen molar-refractivity contribution in [3.8, 4) is 0 Å². The highest BCUT2D eigenvalue weighted by Crippen LogP contribution is 2.46. The largest absolute Gasteiger partial charge is 0.340 e. The van der Waals surface area contributed by atoms with Gasteiger partial charge in [-0.15, -0.1) is 0 Å². The van der Waals surface area contributed by atoms with Gasteiger partial charge < -0.3 is 10.2 Å². The fourth-order valence-electron chi connectivity index (χ4n) is 3.08. The van der Waals surface area contributed by atoms with Crippen LogP contribution in [0.3, 0.4) is 0 Å². The van der Waals surface area contributed by atoms with Crippen molar-refractivity contribution >= 4 is 11.8 Å². The number of carbonyl (C=O) groups excluding carboxylic acids is 2. The first-order valence-corrected chi connectivity index (χ1v) is 7.11. The van der Waals surface area contributed by atoms with Crippen LogP contribution in [-0.2, 0) is 9.59 Å². The highest BCUT2D eigenvalue weighted by molar-refractivity contribution is 5.99. The van der Waals surface area contributed by atoms with E-state index in [9.17, 15) is 9.59 Å². The molecule has 0 spiro atoms. The highest BCUT2D eigenvalue weighted by Gasteiger charge is 2.53. The van der Waals surface area contributed by atoms with E-state index in [1.54, 1.807) is 18.7 Å². The van der Waals surface area contributed by atoms with Crippen LogP contribution in [0, 0.1) is 0 Å². The Morgan fingerprint density at radius 2 is 1.85 bits per heavy atom. The standard InChI is InChI=1S/C16H20N2O2/c1-10-14(19)17-16(2,3)15(20)18(10)13-9-12(13)11-7-5-4-6-8-11/h4-8,10,12-13H,9H2,1-3H3,(H,17,19). The summed E-state index contributed by atoms with van der Waals surface area (Å²) in [5.74, 6) is 0.325. The van der Waals surface area contributed by atoms with Gasteiger partial charge in [0.25, 0.3) is 0 Å². The summed E-state index contributed by atoms with van der Waals surface area (Å²) in [7, 11) is 0. The molecule has 1 aromatic rings. The van der Waals surface area contributed by atoms with Crippen molar-refractivity contribution in [1.29, 1.82) is 0 Å². The SMILES string of the molecule is CC1C(=O)NC(C)(C)C(=O)N1C1CC1c1ccccc1. The minimum Gasteiger partial charge on any atom is -0.340 e. The van der Waals surface area contributed by atoms with Gasteiger partial charge in [0.2, 0.25) is 11.8 Å². The van der Waals surface area contributed by atoms with Crippen LogP contribution in [0.4, 0.5) is 0 Å². The third-order valence-corrected chi connectivity index (χ3v) is 4.34. The van der Waals surface area contributed by atoms with E-state index >= 15 is 0 Å². The molecule has 3 rings (SSSR count). The molecule has 1 aromatic carbocycles. The van der Waals surface area contributed by atoms with Gasteiger partial charge in [-0.2, -0.15) is 0 Å². The third kappa shape index (κ3) is 1.99. The molecule has 4 heteroatoms. The molecule has 1 saturated carbocycles. The van der Waals surface area contributed by atoms with Gasteiger partial charge in [0.15, 0.2) is 0 Å². The normalized spacial score (nSPS) is 31.9. The number of nitrogens with zero attached hydrogens (tertiary/aromatic N) is 1. The summed E-state index contributed by atoms with van der Waals surface area (Å²) in [4.78, 5) is 26.4. The molecule has 4 nitrogen and oxygen atoms in total. The van der Waals surface area contributed by atoms with Crippen LogP contribution in [0.5, 0.6) is 0 Å². The summed E-state index contributed by atoms with van der Waals surface area (Å²) >= 11 is 0. The van der Waals surface area contributed by atoms with Gasteiger partial charge >= 0.3 is 0 Å². The molecule has 0 bridgehead atoms. The van der Waals surface area contributed by atoms with Crippen LogP contribution in [0.15, 0.2) is 30.3 Å². The van der Waals surface area contributed by atoms with Crippen LogP contribution in [0.2, 0.25) is 0 Å². The molecular weight excluding hydrogens is 252 g/mol. The predicted octanol–water partition coefficient (Wildman–Crippen LogP) is 1.67. The molecule has 0 aromatic heterocycles. The van der Waals surface area contributed by atoms with Gasteiger partial charge in [0.1, 0.15) is 11.6 Å². The number of amides is 2. The molecule has 106 valence electrons. The monoisotopic (exact) mass is 272 g/mol. The van der Waals surface area contributed by atoms with Gasteiger partial charge in [0, 0.05) is 12.0 Å². The second-order valence-corrected chi connectivity index (χ2v) is 6.32. The number of hydrogen-bond donors (Lipinski definition) is 1. The van der Waals surface area contributed by atoms with E-state index in [0.717, 1.165) is 6.42 Å². The molecule has 1 saturated heterocycles. The number of rotatable bonds is 2. The maximum atomic E-state index is 12.6. The average molecular weight is 272 g/mol. The Hall–Kier alpha value is -1.84. The van der Waals surface area contributed by atoms with Gasteiger partial charge in [-0.25, -0.2) is 0 Å². The first-order chi connectivity index (χ1) is 9.42. The van der Waals surface area contributed by atoms with Gasteiger partial charge in [-0.05, 0) is 32.8 Å². The molecule has 2 fully saturated rings. The molecule has 1 heterocycles. The van der Waals surface area contributed by atoms with Crippen molar-refractivity contribution in [3.63, 3.8) is 0 Å². The second kappa shape index (κ2) is 4.33. The Kier molecular flexibility index (Phi) is 2.85. The summed E-state index contributed by atoms with van der Waals surface area (Å²) in [5.41, 5.74) is 0.453. The predicted molar refractivity (Wildman–Crippen MR) is 76.1 cm³/mol. The first-order valence-electron chi connectivity index (χ1n) is 7.11. The van der Waals surface area contributed by atoms with Crippen LogP contribution < -0.4 is 5.32 Å². The maximum Gasteiger partial charge on any atom is 0.248 e. The molecule has 1 N–H and O–H groups in total. The topological polar surface area (TPSA) is 49.4 Å². The van der Waals surface area contributed by atoms with E-state index < -0.39 is 5.54 Å². The lowest BCUT2D eigenvalue weighted by atomic mass is 9.97. The second-order valence-electron chi connectivity index (χ2n) is 6.32. The molecule has 2 aliphatic rings. The lowest BCUT2D eigenvalue weighted by molar-refractivity contribution is -0.153. The minimum atomic E-state index is -0.798. The van der Waals surface area contributed by atoms with Crippen LogP contribution in [-0.4, -0.2) is 34.3 Å². The fraction of sp³-hybridized carbons (Fsp3) is 0.500.